The Balaban J connectivity index is 2.30. The number of pyridine rings is 1. The lowest BCUT2D eigenvalue weighted by Crippen LogP contribution is -2.22. The van der Waals surface area contributed by atoms with Crippen molar-refractivity contribution in [1.82, 2.24) is 4.98 Å². The lowest BCUT2D eigenvalue weighted by molar-refractivity contribution is -0.255. The molecule has 0 saturated carbocycles. The molecule has 0 unspecified atom stereocenters. The van der Waals surface area contributed by atoms with Crippen LogP contribution < -0.4 is 10.4 Å². The third-order valence-corrected chi connectivity index (χ3v) is 3.03. The van der Waals surface area contributed by atoms with E-state index in [1.807, 2.05) is 0 Å². The number of anilines is 1. The number of carboxylic acids is 1. The van der Waals surface area contributed by atoms with Gasteiger partial charge in [0.25, 0.3) is 5.91 Å². The van der Waals surface area contributed by atoms with Crippen molar-refractivity contribution in [3.63, 3.8) is 0 Å². The monoisotopic (exact) mass is 289 g/mol. The van der Waals surface area contributed by atoms with Gasteiger partial charge < -0.3 is 15.2 Å². The predicted molar refractivity (Wildman–Crippen MR) is 72.7 cm³/mol. The van der Waals surface area contributed by atoms with E-state index in [0.29, 0.717) is 5.69 Å². The fourth-order valence-corrected chi connectivity index (χ4v) is 1.83. The summed E-state index contributed by atoms with van der Waals surface area (Å²) in [6.07, 6.45) is 1.47. The van der Waals surface area contributed by atoms with Gasteiger partial charge in [-0.15, -0.1) is 0 Å². The normalized spacial score (nSPS) is 10.1. The van der Waals surface area contributed by atoms with Crippen molar-refractivity contribution in [2.24, 2.45) is 0 Å². The van der Waals surface area contributed by atoms with Gasteiger partial charge in [0.2, 0.25) is 0 Å². The molecule has 0 spiro atoms. The molecule has 1 N–H and O–H groups in total. The van der Waals surface area contributed by atoms with E-state index in [9.17, 15) is 14.7 Å². The van der Waals surface area contributed by atoms with Gasteiger partial charge >= 0.3 is 0 Å². The fraction of sp³-hybridized carbons (Fsp3) is 0.0714. The van der Waals surface area contributed by atoms with Crippen molar-refractivity contribution >= 4 is 29.2 Å². The Morgan fingerprint density at radius 2 is 2.05 bits per heavy atom. The first-order chi connectivity index (χ1) is 9.49. The second-order valence-corrected chi connectivity index (χ2v) is 4.47. The smallest absolute Gasteiger partial charge is 0.258 e. The van der Waals surface area contributed by atoms with Crippen molar-refractivity contribution in [1.29, 1.82) is 0 Å². The van der Waals surface area contributed by atoms with Crippen molar-refractivity contribution < 1.29 is 14.7 Å². The van der Waals surface area contributed by atoms with Gasteiger partial charge in [-0.1, -0.05) is 23.7 Å². The molecular formula is C14H10ClN2O3-. The van der Waals surface area contributed by atoms with E-state index in [1.54, 1.807) is 19.1 Å². The number of benzene rings is 1. The Morgan fingerprint density at radius 3 is 2.70 bits per heavy atom. The Morgan fingerprint density at radius 1 is 1.30 bits per heavy atom. The number of carboxylic acid groups (broad SMARTS) is 1. The minimum Gasteiger partial charge on any atom is -0.545 e. The molecule has 20 heavy (non-hydrogen) atoms. The number of carbonyl (C=O) groups is 2. The fourth-order valence-electron chi connectivity index (χ4n) is 1.63. The molecule has 1 heterocycles. The van der Waals surface area contributed by atoms with Crippen LogP contribution >= 0.6 is 11.6 Å². The van der Waals surface area contributed by atoms with Gasteiger partial charge in [0.05, 0.1) is 11.5 Å². The van der Waals surface area contributed by atoms with Crippen LogP contribution in [0.25, 0.3) is 0 Å². The minimum absolute atomic E-state index is 0.0109. The Labute approximate surface area is 120 Å². The van der Waals surface area contributed by atoms with E-state index < -0.39 is 11.9 Å². The number of halogens is 1. The van der Waals surface area contributed by atoms with Crippen LogP contribution in [0.1, 0.15) is 26.3 Å². The highest BCUT2D eigenvalue weighted by atomic mass is 35.5. The molecular weight excluding hydrogens is 280 g/mol. The lowest BCUT2D eigenvalue weighted by Gasteiger charge is -2.11. The van der Waals surface area contributed by atoms with Crippen molar-refractivity contribution in [2.75, 3.05) is 5.32 Å². The van der Waals surface area contributed by atoms with Gasteiger partial charge in [0.1, 0.15) is 5.15 Å². The third kappa shape index (κ3) is 2.95. The van der Waals surface area contributed by atoms with Crippen LogP contribution in [-0.2, 0) is 0 Å². The maximum absolute atomic E-state index is 12.1. The van der Waals surface area contributed by atoms with Gasteiger partial charge in [-0.2, -0.15) is 0 Å². The predicted octanol–water partition coefficient (Wildman–Crippen LogP) is 1.66. The van der Waals surface area contributed by atoms with Crippen molar-refractivity contribution in [2.45, 2.75) is 6.92 Å². The maximum Gasteiger partial charge on any atom is 0.258 e. The first-order valence-corrected chi connectivity index (χ1v) is 6.10. The highest BCUT2D eigenvalue weighted by Crippen LogP contribution is 2.19. The Hall–Kier alpha value is -2.40. The van der Waals surface area contributed by atoms with Crippen LogP contribution in [0, 0.1) is 6.92 Å². The molecule has 0 bridgehead atoms. The van der Waals surface area contributed by atoms with Gasteiger partial charge in [0.15, 0.2) is 0 Å². The summed E-state index contributed by atoms with van der Waals surface area (Å²) in [5.41, 5.74) is 1.32. The van der Waals surface area contributed by atoms with E-state index in [4.69, 9.17) is 11.6 Å². The second-order valence-electron chi connectivity index (χ2n) is 4.11. The molecule has 1 aromatic carbocycles. The first-order valence-electron chi connectivity index (χ1n) is 5.73. The molecule has 102 valence electrons. The number of carbonyl (C=O) groups excluding carboxylic acids is 2. The number of hydrogen-bond donors (Lipinski definition) is 1. The zero-order valence-corrected chi connectivity index (χ0v) is 11.3. The highest BCUT2D eigenvalue weighted by molar-refractivity contribution is 6.33. The molecule has 1 aromatic heterocycles. The van der Waals surface area contributed by atoms with Gasteiger partial charge in [0, 0.05) is 11.9 Å². The van der Waals surface area contributed by atoms with E-state index in [2.05, 4.69) is 10.3 Å². The quantitative estimate of drug-likeness (QED) is 0.871. The summed E-state index contributed by atoms with van der Waals surface area (Å²) in [6.45, 7) is 1.75. The summed E-state index contributed by atoms with van der Waals surface area (Å²) in [4.78, 5) is 26.7. The summed E-state index contributed by atoms with van der Waals surface area (Å²) in [5.74, 6) is -1.76. The summed E-state index contributed by atoms with van der Waals surface area (Å²) in [6, 6.07) is 7.46. The number of nitrogens with one attached hydrogen (secondary N) is 1. The summed E-state index contributed by atoms with van der Waals surface area (Å²) < 4.78 is 0. The molecule has 0 aliphatic rings. The lowest BCUT2D eigenvalue weighted by atomic mass is 10.1. The van der Waals surface area contributed by atoms with Crippen LogP contribution in [0.5, 0.6) is 0 Å². The zero-order chi connectivity index (χ0) is 14.7. The second kappa shape index (κ2) is 5.71. The number of aromatic nitrogens is 1. The number of amides is 1. The largest absolute Gasteiger partial charge is 0.545 e. The van der Waals surface area contributed by atoms with E-state index in [-0.39, 0.29) is 16.3 Å². The average molecular weight is 290 g/mol. The molecule has 1 amide bonds. The average Bonchev–Trinajstić information content (AvgIpc) is 2.41. The van der Waals surface area contributed by atoms with Crippen molar-refractivity contribution in [3.05, 3.63) is 58.4 Å². The van der Waals surface area contributed by atoms with Gasteiger partial charge in [-0.3, -0.25) is 4.79 Å². The van der Waals surface area contributed by atoms with E-state index in [1.165, 1.54) is 24.4 Å². The van der Waals surface area contributed by atoms with Gasteiger partial charge in [-0.25, -0.2) is 4.98 Å². The molecule has 0 radical (unpaired) electrons. The molecule has 2 aromatic rings. The molecule has 0 aliphatic heterocycles. The molecule has 2 rings (SSSR count). The topological polar surface area (TPSA) is 82.1 Å². The Bertz CT molecular complexity index is 686. The summed E-state index contributed by atoms with van der Waals surface area (Å²) in [5, 5.41) is 13.5. The highest BCUT2D eigenvalue weighted by Gasteiger charge is 2.12. The molecule has 0 atom stereocenters. The SMILES string of the molecule is Cc1ccc(C(=O)[O-])cc1NC(=O)c1cccnc1Cl. The zero-order valence-electron chi connectivity index (χ0n) is 10.5. The van der Waals surface area contributed by atoms with Crippen LogP contribution in [0.15, 0.2) is 36.5 Å². The number of aromatic carboxylic acids is 1. The van der Waals surface area contributed by atoms with E-state index in [0.717, 1.165) is 5.56 Å². The maximum atomic E-state index is 12.1. The van der Waals surface area contributed by atoms with Crippen LogP contribution in [-0.4, -0.2) is 16.9 Å². The first kappa shape index (κ1) is 14.0. The number of nitrogens with zero attached hydrogens (tertiary/aromatic N) is 1. The Kier molecular flexibility index (Phi) is 4.00. The number of aryl methyl sites for hydroxylation is 1. The molecule has 0 fully saturated rings. The summed E-state index contributed by atoms with van der Waals surface area (Å²) >= 11 is 5.83. The van der Waals surface area contributed by atoms with Crippen LogP contribution in [0.4, 0.5) is 5.69 Å². The molecule has 6 heteroatoms. The third-order valence-electron chi connectivity index (χ3n) is 2.73. The van der Waals surface area contributed by atoms with Crippen LogP contribution in [0.3, 0.4) is 0 Å². The summed E-state index contributed by atoms with van der Waals surface area (Å²) in [7, 11) is 0. The van der Waals surface area contributed by atoms with E-state index >= 15 is 0 Å². The number of rotatable bonds is 3. The van der Waals surface area contributed by atoms with Crippen LogP contribution in [0.2, 0.25) is 5.15 Å². The molecule has 0 saturated heterocycles. The number of hydrogen-bond acceptors (Lipinski definition) is 4. The van der Waals surface area contributed by atoms with Crippen molar-refractivity contribution in [3.8, 4) is 0 Å². The minimum atomic E-state index is -1.31. The standard InChI is InChI=1S/C14H11ClN2O3/c1-8-4-5-9(14(19)20)7-11(8)17-13(18)10-3-2-6-16-12(10)15/h2-7H,1H3,(H,17,18)(H,19,20)/p-1. The molecule has 5 nitrogen and oxygen atoms in total. The molecule has 0 aliphatic carbocycles. The van der Waals surface area contributed by atoms with Gasteiger partial charge in [-0.05, 0) is 36.2 Å².